The van der Waals surface area contributed by atoms with Crippen molar-refractivity contribution in [3.63, 3.8) is 0 Å². The Morgan fingerprint density at radius 3 is 2.50 bits per heavy atom. The van der Waals surface area contributed by atoms with Gasteiger partial charge in [-0.05, 0) is 64.8 Å². The summed E-state index contributed by atoms with van der Waals surface area (Å²) in [5.74, 6) is 0.656. The van der Waals surface area contributed by atoms with Gasteiger partial charge in [0.05, 0.1) is 0 Å². The van der Waals surface area contributed by atoms with Crippen LogP contribution in [0.3, 0.4) is 0 Å². The van der Waals surface area contributed by atoms with Crippen LogP contribution in [0.1, 0.15) is 49.1 Å². The average molecular weight is 421 g/mol. The Morgan fingerprint density at radius 1 is 0.875 bits per heavy atom. The first kappa shape index (κ1) is 22.0. The normalized spacial score (nSPS) is 11.9. The van der Waals surface area contributed by atoms with Gasteiger partial charge in [-0.15, -0.1) is 0 Å². The zero-order valence-electron chi connectivity index (χ0n) is 19.2. The lowest BCUT2D eigenvalue weighted by Gasteiger charge is -2.11. The molecule has 0 fully saturated rings. The fraction of sp³-hybridized carbons (Fsp3) is 0.267. The fourth-order valence-corrected chi connectivity index (χ4v) is 4.12. The Balaban J connectivity index is 1.54. The molecule has 4 rings (SSSR count). The van der Waals surface area contributed by atoms with E-state index in [4.69, 9.17) is 4.99 Å². The molecule has 0 aliphatic carbocycles. The molecule has 162 valence electrons. The monoisotopic (exact) mass is 420 g/mol. The van der Waals surface area contributed by atoms with Gasteiger partial charge in [-0.2, -0.15) is 0 Å². The number of fused-ring (bicyclic) bond motifs is 1. The molecule has 0 atom stereocenters. The van der Waals surface area contributed by atoms with E-state index in [1.165, 1.54) is 33.2 Å². The topological polar surface area (TPSA) is 25.2 Å². The largest absolute Gasteiger partial charge is 0.289 e. The molecule has 0 amide bonds. The summed E-state index contributed by atoms with van der Waals surface area (Å²) in [5.41, 5.74) is 6.17. The Hall–Kier alpha value is -3.26. The molecule has 0 N–H and O–H groups in total. The molecule has 0 bridgehead atoms. The quantitative estimate of drug-likeness (QED) is 0.261. The Labute approximate surface area is 192 Å². The molecule has 2 nitrogen and oxygen atoms in total. The lowest BCUT2D eigenvalue weighted by Crippen LogP contribution is -2.07. The molecule has 4 aromatic rings. The highest BCUT2D eigenvalue weighted by Crippen LogP contribution is 2.20. The molecule has 0 aliphatic rings. The first-order chi connectivity index (χ1) is 15.7. The third-order valence-electron chi connectivity index (χ3n) is 5.90. The van der Waals surface area contributed by atoms with Crippen molar-refractivity contribution in [2.45, 2.75) is 39.5 Å². The van der Waals surface area contributed by atoms with Crippen LogP contribution in [0.25, 0.3) is 10.8 Å². The van der Waals surface area contributed by atoms with Gasteiger partial charge in [-0.1, -0.05) is 86.6 Å². The van der Waals surface area contributed by atoms with Crippen molar-refractivity contribution in [1.29, 1.82) is 0 Å². The third-order valence-corrected chi connectivity index (χ3v) is 5.90. The Kier molecular flexibility index (Phi) is 7.45. The molecule has 1 aromatic heterocycles. The van der Waals surface area contributed by atoms with Gasteiger partial charge in [0, 0.05) is 30.6 Å². The van der Waals surface area contributed by atoms with Gasteiger partial charge in [0.25, 0.3) is 0 Å². The SMILES string of the molecule is CC(C)CCC(=NCCc1cccc2ccccc12)c1ccnc(Cc2ccccc2)c1. The van der Waals surface area contributed by atoms with Crippen molar-refractivity contribution < 1.29 is 0 Å². The summed E-state index contributed by atoms with van der Waals surface area (Å²) in [4.78, 5) is 9.72. The van der Waals surface area contributed by atoms with Crippen molar-refractivity contribution >= 4 is 16.5 Å². The third kappa shape index (κ3) is 5.91. The predicted molar refractivity (Wildman–Crippen MR) is 137 cm³/mol. The number of nitrogens with zero attached hydrogens (tertiary/aromatic N) is 2. The molecule has 3 aromatic carbocycles. The maximum atomic E-state index is 5.11. The highest BCUT2D eigenvalue weighted by molar-refractivity contribution is 6.00. The van der Waals surface area contributed by atoms with Crippen LogP contribution in [0, 0.1) is 5.92 Å². The Bertz CT molecular complexity index is 1170. The Morgan fingerprint density at radius 2 is 1.66 bits per heavy atom. The molecule has 0 unspecified atom stereocenters. The van der Waals surface area contributed by atoms with Gasteiger partial charge in [0.2, 0.25) is 0 Å². The second kappa shape index (κ2) is 10.9. The molecule has 0 saturated heterocycles. The van der Waals surface area contributed by atoms with E-state index in [1.807, 2.05) is 6.20 Å². The highest BCUT2D eigenvalue weighted by atomic mass is 14.7. The maximum absolute atomic E-state index is 5.11. The smallest absolute Gasteiger partial charge is 0.0454 e. The standard InChI is InChI=1S/C30H32N2/c1-23(2)15-16-30(27-18-19-31-28(22-27)21-24-9-4-3-5-10-24)32-20-17-26-13-8-12-25-11-6-7-14-29(25)26/h3-14,18-19,22-23H,15-17,20-21H2,1-2H3. The number of hydrogen-bond donors (Lipinski definition) is 0. The maximum Gasteiger partial charge on any atom is 0.0454 e. The van der Waals surface area contributed by atoms with E-state index < -0.39 is 0 Å². The minimum Gasteiger partial charge on any atom is -0.289 e. The molecule has 1 heterocycles. The first-order valence-electron chi connectivity index (χ1n) is 11.7. The van der Waals surface area contributed by atoms with E-state index in [1.54, 1.807) is 0 Å². The van der Waals surface area contributed by atoms with Gasteiger partial charge in [-0.3, -0.25) is 9.98 Å². The lowest BCUT2D eigenvalue weighted by molar-refractivity contribution is 0.603. The predicted octanol–water partition coefficient (Wildman–Crippen LogP) is 7.29. The average Bonchev–Trinajstić information content (AvgIpc) is 2.82. The minimum absolute atomic E-state index is 0.656. The molecular formula is C30H32N2. The number of aromatic nitrogens is 1. The van der Waals surface area contributed by atoms with Crippen molar-refractivity contribution in [3.8, 4) is 0 Å². The zero-order chi connectivity index (χ0) is 22.2. The lowest BCUT2D eigenvalue weighted by atomic mass is 9.99. The summed E-state index contributed by atoms with van der Waals surface area (Å²) in [6.07, 6.45) is 5.88. The van der Waals surface area contributed by atoms with Crippen LogP contribution in [0.4, 0.5) is 0 Å². The van der Waals surface area contributed by atoms with E-state index in [2.05, 4.69) is 104 Å². The zero-order valence-corrected chi connectivity index (χ0v) is 19.2. The summed E-state index contributed by atoms with van der Waals surface area (Å²) in [6.45, 7) is 5.36. The minimum atomic E-state index is 0.656. The number of pyridine rings is 1. The van der Waals surface area contributed by atoms with Crippen LogP contribution >= 0.6 is 0 Å². The van der Waals surface area contributed by atoms with Crippen molar-refractivity contribution in [3.05, 3.63) is 114 Å². The van der Waals surface area contributed by atoms with Crippen molar-refractivity contribution in [1.82, 2.24) is 4.98 Å². The highest BCUT2D eigenvalue weighted by Gasteiger charge is 2.08. The molecule has 0 aliphatic heterocycles. The van der Waals surface area contributed by atoms with Gasteiger partial charge in [-0.25, -0.2) is 0 Å². The summed E-state index contributed by atoms with van der Waals surface area (Å²) >= 11 is 0. The summed E-state index contributed by atoms with van der Waals surface area (Å²) in [5, 5.41) is 2.64. The van der Waals surface area contributed by atoms with Gasteiger partial charge >= 0.3 is 0 Å². The second-order valence-corrected chi connectivity index (χ2v) is 8.85. The molecule has 0 radical (unpaired) electrons. The number of hydrogen-bond acceptors (Lipinski definition) is 2. The van der Waals surface area contributed by atoms with Crippen LogP contribution in [0.2, 0.25) is 0 Å². The molecule has 2 heteroatoms. The van der Waals surface area contributed by atoms with Crippen molar-refractivity contribution in [2.75, 3.05) is 6.54 Å². The fourth-order valence-electron chi connectivity index (χ4n) is 4.12. The van der Waals surface area contributed by atoms with Gasteiger partial charge in [0.1, 0.15) is 0 Å². The van der Waals surface area contributed by atoms with E-state index in [9.17, 15) is 0 Å². The van der Waals surface area contributed by atoms with E-state index in [0.717, 1.165) is 37.9 Å². The summed E-state index contributed by atoms with van der Waals surface area (Å²) in [7, 11) is 0. The number of aliphatic imine (C=N–C) groups is 1. The number of benzene rings is 3. The number of rotatable bonds is 9. The van der Waals surface area contributed by atoms with E-state index in [-0.39, 0.29) is 0 Å². The van der Waals surface area contributed by atoms with Gasteiger partial charge < -0.3 is 0 Å². The molecule has 0 spiro atoms. The second-order valence-electron chi connectivity index (χ2n) is 8.85. The molecule has 32 heavy (non-hydrogen) atoms. The molecular weight excluding hydrogens is 388 g/mol. The first-order valence-corrected chi connectivity index (χ1v) is 11.7. The van der Waals surface area contributed by atoms with Crippen LogP contribution in [0.5, 0.6) is 0 Å². The van der Waals surface area contributed by atoms with Crippen LogP contribution in [-0.2, 0) is 12.8 Å². The summed E-state index contributed by atoms with van der Waals surface area (Å²) < 4.78 is 0. The van der Waals surface area contributed by atoms with E-state index in [0.29, 0.717) is 5.92 Å². The van der Waals surface area contributed by atoms with Crippen LogP contribution in [-0.4, -0.2) is 17.2 Å². The van der Waals surface area contributed by atoms with Gasteiger partial charge in [0.15, 0.2) is 0 Å². The van der Waals surface area contributed by atoms with Crippen molar-refractivity contribution in [2.24, 2.45) is 10.9 Å². The van der Waals surface area contributed by atoms with E-state index >= 15 is 0 Å². The summed E-state index contributed by atoms with van der Waals surface area (Å²) in [6, 6.07) is 30.1. The van der Waals surface area contributed by atoms with Crippen LogP contribution < -0.4 is 0 Å². The molecule has 0 saturated carbocycles. The van der Waals surface area contributed by atoms with Crippen LogP contribution in [0.15, 0.2) is 96.1 Å².